The molecule has 0 aliphatic carbocycles. The molecule has 2 atom stereocenters. The van der Waals surface area contributed by atoms with E-state index in [0.717, 1.165) is 11.3 Å². The first-order valence-corrected chi connectivity index (χ1v) is 10.6. The second-order valence-corrected chi connectivity index (χ2v) is 7.92. The van der Waals surface area contributed by atoms with E-state index in [1.54, 1.807) is 41.4 Å². The highest BCUT2D eigenvalue weighted by Crippen LogP contribution is 2.43. The van der Waals surface area contributed by atoms with E-state index < -0.39 is 17.8 Å². The van der Waals surface area contributed by atoms with Crippen LogP contribution < -0.4 is 10.2 Å². The summed E-state index contributed by atoms with van der Waals surface area (Å²) in [5, 5.41) is 12.8. The molecule has 33 heavy (non-hydrogen) atoms. The molecule has 2 aromatic heterocycles. The standard InChI is InChI=1S/C25H18FN3O3S/c26-17-5-1-2-7-19(17)29-23(22(28-25(29)33)18-6-3-4-14-27-18)21-13-12-20(32-21)15-8-10-16(11-9-15)24(30)31/h1-14,22-23H,(H,28,33)(H,30,31)/t22-,23+/m1/s1. The van der Waals surface area contributed by atoms with E-state index >= 15 is 0 Å². The number of hydrogen-bond donors (Lipinski definition) is 2. The van der Waals surface area contributed by atoms with Gasteiger partial charge < -0.3 is 19.7 Å². The van der Waals surface area contributed by atoms with E-state index in [-0.39, 0.29) is 11.6 Å². The summed E-state index contributed by atoms with van der Waals surface area (Å²) >= 11 is 5.60. The molecule has 1 saturated heterocycles. The van der Waals surface area contributed by atoms with Crippen LogP contribution in [0.2, 0.25) is 0 Å². The summed E-state index contributed by atoms with van der Waals surface area (Å²) in [4.78, 5) is 17.3. The quantitative estimate of drug-likeness (QED) is 0.389. The molecule has 2 N–H and O–H groups in total. The third-order valence-corrected chi connectivity index (χ3v) is 5.86. The number of benzene rings is 2. The van der Waals surface area contributed by atoms with Crippen molar-refractivity contribution < 1.29 is 18.7 Å². The van der Waals surface area contributed by atoms with Crippen LogP contribution >= 0.6 is 12.2 Å². The number of halogens is 1. The van der Waals surface area contributed by atoms with Gasteiger partial charge in [-0.05, 0) is 60.7 Å². The molecule has 164 valence electrons. The zero-order valence-electron chi connectivity index (χ0n) is 17.2. The fourth-order valence-electron chi connectivity index (χ4n) is 3.99. The van der Waals surface area contributed by atoms with Gasteiger partial charge >= 0.3 is 5.97 Å². The lowest BCUT2D eigenvalue weighted by atomic mass is 10.0. The molecule has 0 bridgehead atoms. The zero-order chi connectivity index (χ0) is 22.9. The van der Waals surface area contributed by atoms with E-state index in [0.29, 0.717) is 22.3 Å². The van der Waals surface area contributed by atoms with E-state index in [1.165, 1.54) is 18.2 Å². The van der Waals surface area contributed by atoms with Gasteiger partial charge in [-0.1, -0.05) is 30.3 Å². The van der Waals surface area contributed by atoms with E-state index in [2.05, 4.69) is 10.3 Å². The van der Waals surface area contributed by atoms with Crippen molar-refractivity contribution in [2.45, 2.75) is 12.1 Å². The second-order valence-electron chi connectivity index (χ2n) is 7.53. The van der Waals surface area contributed by atoms with Crippen LogP contribution in [0.3, 0.4) is 0 Å². The fourth-order valence-corrected chi connectivity index (χ4v) is 4.33. The number of pyridine rings is 1. The number of hydrogen-bond acceptors (Lipinski definition) is 4. The maximum absolute atomic E-state index is 14.8. The van der Waals surface area contributed by atoms with Crippen LogP contribution in [0.4, 0.5) is 10.1 Å². The number of carbonyl (C=O) groups is 1. The summed E-state index contributed by atoms with van der Waals surface area (Å²) in [6.45, 7) is 0. The number of carboxylic acid groups (broad SMARTS) is 1. The van der Waals surface area contributed by atoms with Crippen molar-refractivity contribution in [3.63, 3.8) is 0 Å². The van der Waals surface area contributed by atoms with Crippen LogP contribution in [0.15, 0.2) is 89.5 Å². The molecule has 4 aromatic rings. The Morgan fingerprint density at radius 3 is 2.48 bits per heavy atom. The molecule has 5 rings (SSSR count). The van der Waals surface area contributed by atoms with Crippen LogP contribution in [-0.2, 0) is 0 Å². The summed E-state index contributed by atoms with van der Waals surface area (Å²) < 4.78 is 21.0. The minimum atomic E-state index is -0.994. The molecule has 1 aliphatic rings. The molecule has 0 spiro atoms. The molecule has 6 nitrogen and oxygen atoms in total. The van der Waals surface area contributed by atoms with Gasteiger partial charge in [0, 0.05) is 11.8 Å². The lowest BCUT2D eigenvalue weighted by molar-refractivity contribution is 0.0697. The SMILES string of the molecule is O=C(O)c1ccc(-c2ccc([C@H]3[C@@H](c4ccccn4)NC(=S)N3c3ccccc3F)o2)cc1. The largest absolute Gasteiger partial charge is 0.478 e. The Balaban J connectivity index is 1.58. The lowest BCUT2D eigenvalue weighted by Gasteiger charge is -2.26. The summed E-state index contributed by atoms with van der Waals surface area (Å²) in [6, 6.07) is 21.2. The second kappa shape index (κ2) is 8.48. The normalized spacial score (nSPS) is 17.7. The number of anilines is 1. The van der Waals surface area contributed by atoms with Crippen molar-refractivity contribution >= 4 is 29.0 Å². The minimum absolute atomic E-state index is 0.191. The van der Waals surface area contributed by atoms with Gasteiger partial charge in [-0.3, -0.25) is 4.98 Å². The van der Waals surface area contributed by atoms with E-state index in [4.69, 9.17) is 21.7 Å². The average molecular weight is 460 g/mol. The number of nitrogens with one attached hydrogen (secondary N) is 1. The highest BCUT2D eigenvalue weighted by atomic mass is 32.1. The summed E-state index contributed by atoms with van der Waals surface area (Å²) in [6.07, 6.45) is 1.69. The van der Waals surface area contributed by atoms with Gasteiger partial charge in [0.15, 0.2) is 5.11 Å². The Kier molecular flexibility index (Phi) is 5.35. The molecule has 2 aromatic carbocycles. The highest BCUT2D eigenvalue weighted by molar-refractivity contribution is 7.80. The number of furan rings is 1. The molecular weight excluding hydrogens is 441 g/mol. The predicted octanol–water partition coefficient (Wildman–Crippen LogP) is 5.36. The number of para-hydroxylation sites is 1. The number of aromatic carboxylic acids is 1. The predicted molar refractivity (Wildman–Crippen MR) is 125 cm³/mol. The van der Waals surface area contributed by atoms with Crippen molar-refractivity contribution in [2.24, 2.45) is 0 Å². The van der Waals surface area contributed by atoms with Crippen molar-refractivity contribution in [3.8, 4) is 11.3 Å². The number of rotatable bonds is 5. The van der Waals surface area contributed by atoms with Gasteiger partial charge in [0.1, 0.15) is 23.4 Å². The molecule has 1 aliphatic heterocycles. The molecule has 0 amide bonds. The Morgan fingerprint density at radius 2 is 1.79 bits per heavy atom. The molecule has 3 heterocycles. The first-order chi connectivity index (χ1) is 16.0. The van der Waals surface area contributed by atoms with E-state index in [9.17, 15) is 9.18 Å². The van der Waals surface area contributed by atoms with Gasteiger partial charge in [0.05, 0.1) is 23.0 Å². The smallest absolute Gasteiger partial charge is 0.335 e. The monoisotopic (exact) mass is 459 g/mol. The summed E-state index contributed by atoms with van der Waals surface area (Å²) in [5.74, 6) is -0.262. The Labute approximate surface area is 194 Å². The third kappa shape index (κ3) is 3.85. The molecule has 0 saturated carbocycles. The zero-order valence-corrected chi connectivity index (χ0v) is 18.0. The minimum Gasteiger partial charge on any atom is -0.478 e. The molecule has 8 heteroatoms. The number of nitrogens with zero attached hydrogens (tertiary/aromatic N) is 2. The Hall–Kier alpha value is -4.04. The Bertz CT molecular complexity index is 1320. The maximum Gasteiger partial charge on any atom is 0.335 e. The van der Waals surface area contributed by atoms with Gasteiger partial charge in [-0.25, -0.2) is 9.18 Å². The van der Waals surface area contributed by atoms with Crippen LogP contribution in [0.5, 0.6) is 0 Å². The number of thiocarbonyl (C=S) groups is 1. The van der Waals surface area contributed by atoms with Crippen LogP contribution in [0.1, 0.15) is 33.9 Å². The average Bonchev–Trinajstić information content (AvgIpc) is 3.45. The third-order valence-electron chi connectivity index (χ3n) is 5.54. The topological polar surface area (TPSA) is 78.6 Å². The van der Waals surface area contributed by atoms with Gasteiger partial charge in [-0.15, -0.1) is 0 Å². The highest BCUT2D eigenvalue weighted by Gasteiger charge is 2.43. The van der Waals surface area contributed by atoms with Crippen LogP contribution in [0, 0.1) is 5.82 Å². The molecule has 0 unspecified atom stereocenters. The number of aromatic nitrogens is 1. The summed E-state index contributed by atoms with van der Waals surface area (Å²) in [5.41, 5.74) is 2.00. The van der Waals surface area contributed by atoms with Gasteiger partial charge in [0.25, 0.3) is 0 Å². The molecule has 0 radical (unpaired) electrons. The first kappa shape index (κ1) is 20.8. The molecule has 1 fully saturated rings. The van der Waals surface area contributed by atoms with Crippen molar-refractivity contribution in [1.82, 2.24) is 10.3 Å². The van der Waals surface area contributed by atoms with Crippen molar-refractivity contribution in [1.29, 1.82) is 0 Å². The first-order valence-electron chi connectivity index (χ1n) is 10.2. The van der Waals surface area contributed by atoms with Crippen LogP contribution in [-0.4, -0.2) is 21.2 Å². The number of carboxylic acids is 1. The van der Waals surface area contributed by atoms with Crippen molar-refractivity contribution in [3.05, 3.63) is 108 Å². The fraction of sp³-hybridized carbons (Fsp3) is 0.0800. The van der Waals surface area contributed by atoms with Gasteiger partial charge in [-0.2, -0.15) is 0 Å². The maximum atomic E-state index is 14.8. The Morgan fingerprint density at radius 1 is 1.03 bits per heavy atom. The summed E-state index contributed by atoms with van der Waals surface area (Å²) in [7, 11) is 0. The lowest BCUT2D eigenvalue weighted by Crippen LogP contribution is -2.30. The molecular formula is C25H18FN3O3S. The van der Waals surface area contributed by atoms with Crippen LogP contribution in [0.25, 0.3) is 11.3 Å². The van der Waals surface area contributed by atoms with Gasteiger partial charge in [0.2, 0.25) is 0 Å². The van der Waals surface area contributed by atoms with Crippen molar-refractivity contribution in [2.75, 3.05) is 4.90 Å². The van der Waals surface area contributed by atoms with E-state index in [1.807, 2.05) is 30.3 Å².